The van der Waals surface area contributed by atoms with Gasteiger partial charge in [-0.2, -0.15) is 5.10 Å². The first-order valence-corrected chi connectivity index (χ1v) is 3.68. The Morgan fingerprint density at radius 1 is 1.73 bits per heavy atom. The van der Waals surface area contributed by atoms with Crippen molar-refractivity contribution in [1.29, 1.82) is 0 Å². The van der Waals surface area contributed by atoms with Crippen LogP contribution in [-0.4, -0.2) is 16.4 Å². The van der Waals surface area contributed by atoms with E-state index in [4.69, 9.17) is 10.5 Å². The zero-order chi connectivity index (χ0) is 8.10. The first-order valence-electron chi connectivity index (χ1n) is 3.68. The van der Waals surface area contributed by atoms with Gasteiger partial charge >= 0.3 is 0 Å². The third-order valence-electron chi connectivity index (χ3n) is 1.23. The minimum atomic E-state index is 0.491. The third kappa shape index (κ3) is 2.59. The molecular formula is C7H13N3O. The molecule has 0 aliphatic heterocycles. The van der Waals surface area contributed by atoms with Gasteiger partial charge in [0.25, 0.3) is 0 Å². The van der Waals surface area contributed by atoms with Gasteiger partial charge in [-0.1, -0.05) is 6.92 Å². The van der Waals surface area contributed by atoms with Crippen LogP contribution in [0.2, 0.25) is 0 Å². The fourth-order valence-corrected chi connectivity index (χ4v) is 0.753. The number of anilines is 1. The van der Waals surface area contributed by atoms with E-state index >= 15 is 0 Å². The molecule has 4 nitrogen and oxygen atoms in total. The van der Waals surface area contributed by atoms with Gasteiger partial charge in [0.15, 0.2) is 0 Å². The van der Waals surface area contributed by atoms with Crippen molar-refractivity contribution in [2.75, 3.05) is 12.3 Å². The summed E-state index contributed by atoms with van der Waals surface area (Å²) >= 11 is 0. The van der Waals surface area contributed by atoms with Gasteiger partial charge in [0.05, 0.1) is 18.1 Å². The molecule has 1 heterocycles. The zero-order valence-electron chi connectivity index (χ0n) is 6.66. The Kier molecular flexibility index (Phi) is 2.92. The van der Waals surface area contributed by atoms with Crippen molar-refractivity contribution >= 4 is 5.69 Å². The molecule has 2 N–H and O–H groups in total. The van der Waals surface area contributed by atoms with Crippen LogP contribution < -0.4 is 5.73 Å². The Morgan fingerprint density at radius 2 is 2.55 bits per heavy atom. The lowest BCUT2D eigenvalue weighted by molar-refractivity contribution is 0.0694. The van der Waals surface area contributed by atoms with Crippen molar-refractivity contribution in [1.82, 2.24) is 9.78 Å². The second-order valence-corrected chi connectivity index (χ2v) is 2.35. The van der Waals surface area contributed by atoms with Crippen LogP contribution in [0.25, 0.3) is 0 Å². The lowest BCUT2D eigenvalue weighted by Crippen LogP contribution is -2.03. The summed E-state index contributed by atoms with van der Waals surface area (Å²) in [4.78, 5) is 0. The molecule has 4 heteroatoms. The van der Waals surface area contributed by atoms with E-state index in [1.165, 1.54) is 0 Å². The van der Waals surface area contributed by atoms with Crippen LogP contribution in [-0.2, 0) is 11.5 Å². The average Bonchev–Trinajstić information content (AvgIpc) is 2.37. The van der Waals surface area contributed by atoms with Gasteiger partial charge in [0.2, 0.25) is 0 Å². The molecule has 1 aromatic heterocycles. The predicted octanol–water partition coefficient (Wildman–Crippen LogP) is 0.849. The van der Waals surface area contributed by atoms with E-state index in [1.54, 1.807) is 17.1 Å². The van der Waals surface area contributed by atoms with Crippen molar-refractivity contribution in [3.63, 3.8) is 0 Å². The summed E-state index contributed by atoms with van der Waals surface area (Å²) in [5.41, 5.74) is 6.12. The van der Waals surface area contributed by atoms with Gasteiger partial charge in [-0.3, -0.25) is 0 Å². The summed E-state index contributed by atoms with van der Waals surface area (Å²) in [6.07, 6.45) is 4.38. The summed E-state index contributed by atoms with van der Waals surface area (Å²) < 4.78 is 6.90. The van der Waals surface area contributed by atoms with Crippen LogP contribution in [0, 0.1) is 0 Å². The fraction of sp³-hybridized carbons (Fsp3) is 0.571. The lowest BCUT2D eigenvalue weighted by atomic mass is 10.5. The number of hydrogen-bond donors (Lipinski definition) is 1. The van der Waals surface area contributed by atoms with E-state index in [0.29, 0.717) is 12.4 Å². The number of nitrogen functional groups attached to an aromatic ring is 1. The molecule has 0 aliphatic rings. The highest BCUT2D eigenvalue weighted by molar-refractivity contribution is 5.30. The number of ether oxygens (including phenoxy) is 1. The van der Waals surface area contributed by atoms with Gasteiger partial charge < -0.3 is 10.5 Å². The molecule has 0 aliphatic carbocycles. The Bertz CT molecular complexity index is 209. The van der Waals surface area contributed by atoms with E-state index in [1.807, 2.05) is 0 Å². The van der Waals surface area contributed by atoms with Crippen molar-refractivity contribution in [3.05, 3.63) is 12.4 Å². The average molecular weight is 155 g/mol. The van der Waals surface area contributed by atoms with E-state index in [9.17, 15) is 0 Å². The third-order valence-corrected chi connectivity index (χ3v) is 1.23. The van der Waals surface area contributed by atoms with Crippen LogP contribution in [0.5, 0.6) is 0 Å². The number of nitrogens with zero attached hydrogens (tertiary/aromatic N) is 2. The normalized spacial score (nSPS) is 10.3. The molecule has 0 amide bonds. The molecule has 0 spiro atoms. The van der Waals surface area contributed by atoms with Gasteiger partial charge in [-0.05, 0) is 6.42 Å². The molecule has 0 aromatic carbocycles. The van der Waals surface area contributed by atoms with Crippen molar-refractivity contribution in [2.24, 2.45) is 0 Å². The maximum absolute atomic E-state index is 5.44. The SMILES string of the molecule is CCCOCn1cc(N)cn1. The molecule has 0 radical (unpaired) electrons. The minimum Gasteiger partial charge on any atom is -0.396 e. The molecule has 62 valence electrons. The number of nitrogens with two attached hydrogens (primary N) is 1. The summed E-state index contributed by atoms with van der Waals surface area (Å²) in [5, 5.41) is 3.95. The Labute approximate surface area is 66.0 Å². The maximum atomic E-state index is 5.44. The van der Waals surface area contributed by atoms with Crippen LogP contribution >= 0.6 is 0 Å². The summed E-state index contributed by atoms with van der Waals surface area (Å²) in [7, 11) is 0. The van der Waals surface area contributed by atoms with E-state index < -0.39 is 0 Å². The number of rotatable bonds is 4. The molecule has 1 aromatic rings. The minimum absolute atomic E-state index is 0.491. The number of hydrogen-bond acceptors (Lipinski definition) is 3. The van der Waals surface area contributed by atoms with Crippen molar-refractivity contribution < 1.29 is 4.74 Å². The summed E-state index contributed by atoms with van der Waals surface area (Å²) in [6, 6.07) is 0. The van der Waals surface area contributed by atoms with Gasteiger partial charge in [0.1, 0.15) is 6.73 Å². The van der Waals surface area contributed by atoms with Crippen molar-refractivity contribution in [3.8, 4) is 0 Å². The molecule has 0 saturated carbocycles. The smallest absolute Gasteiger partial charge is 0.139 e. The maximum Gasteiger partial charge on any atom is 0.139 e. The van der Waals surface area contributed by atoms with Gasteiger partial charge in [-0.25, -0.2) is 4.68 Å². The predicted molar refractivity (Wildman–Crippen MR) is 42.9 cm³/mol. The molecule has 1 rings (SSSR count). The second-order valence-electron chi connectivity index (χ2n) is 2.35. The number of aromatic nitrogens is 2. The molecule has 0 fully saturated rings. The molecule has 0 unspecified atom stereocenters. The van der Waals surface area contributed by atoms with Gasteiger partial charge in [0, 0.05) is 6.61 Å². The Hall–Kier alpha value is -1.03. The Balaban J connectivity index is 2.27. The molecule has 11 heavy (non-hydrogen) atoms. The highest BCUT2D eigenvalue weighted by atomic mass is 16.5. The standard InChI is InChI=1S/C7H13N3O/c1-2-3-11-6-10-5-7(8)4-9-10/h4-5H,2-3,6,8H2,1H3. The van der Waals surface area contributed by atoms with E-state index in [2.05, 4.69) is 12.0 Å². The van der Waals surface area contributed by atoms with Gasteiger partial charge in [-0.15, -0.1) is 0 Å². The van der Waals surface area contributed by atoms with E-state index in [-0.39, 0.29) is 0 Å². The van der Waals surface area contributed by atoms with Crippen LogP contribution in [0.3, 0.4) is 0 Å². The molecular weight excluding hydrogens is 142 g/mol. The van der Waals surface area contributed by atoms with Crippen LogP contribution in [0.4, 0.5) is 5.69 Å². The molecule has 0 atom stereocenters. The topological polar surface area (TPSA) is 53.1 Å². The molecule has 0 bridgehead atoms. The first-order chi connectivity index (χ1) is 5.33. The highest BCUT2D eigenvalue weighted by Crippen LogP contribution is 1.97. The second kappa shape index (κ2) is 3.98. The van der Waals surface area contributed by atoms with Crippen LogP contribution in [0.1, 0.15) is 13.3 Å². The van der Waals surface area contributed by atoms with Crippen molar-refractivity contribution in [2.45, 2.75) is 20.1 Å². The molecule has 0 saturated heterocycles. The fourth-order valence-electron chi connectivity index (χ4n) is 0.753. The van der Waals surface area contributed by atoms with Crippen LogP contribution in [0.15, 0.2) is 12.4 Å². The summed E-state index contributed by atoms with van der Waals surface area (Å²) in [5.74, 6) is 0. The Morgan fingerprint density at radius 3 is 3.09 bits per heavy atom. The largest absolute Gasteiger partial charge is 0.396 e. The first kappa shape index (κ1) is 8.07. The quantitative estimate of drug-likeness (QED) is 0.656. The highest BCUT2D eigenvalue weighted by Gasteiger charge is 1.92. The van der Waals surface area contributed by atoms with E-state index in [0.717, 1.165) is 13.0 Å². The zero-order valence-corrected chi connectivity index (χ0v) is 6.66. The summed E-state index contributed by atoms with van der Waals surface area (Å²) in [6.45, 7) is 3.32. The monoisotopic (exact) mass is 155 g/mol. The lowest BCUT2D eigenvalue weighted by Gasteiger charge is -2.00.